The van der Waals surface area contributed by atoms with Crippen LogP contribution in [-0.4, -0.2) is 22.1 Å². The Labute approximate surface area is 124 Å². The number of Topliss-reactive ketones (excluding diaryl/α,β-unsaturated/α-hetero) is 1. The van der Waals surface area contributed by atoms with Crippen LogP contribution >= 0.6 is 15.9 Å². The van der Waals surface area contributed by atoms with E-state index in [1.807, 2.05) is 0 Å². The average Bonchev–Trinajstić information content (AvgIpc) is 2.85. The highest BCUT2D eigenvalue weighted by Crippen LogP contribution is 2.30. The van der Waals surface area contributed by atoms with Gasteiger partial charge in [-0.3, -0.25) is 4.79 Å². The number of alkyl halides is 3. The van der Waals surface area contributed by atoms with Crippen LogP contribution < -0.4 is 0 Å². The molecule has 0 bridgehead atoms. The monoisotopic (exact) mass is 366 g/mol. The second-order valence-corrected chi connectivity index (χ2v) is 5.02. The van der Waals surface area contributed by atoms with E-state index < -0.39 is 29.6 Å². The summed E-state index contributed by atoms with van der Waals surface area (Å²) in [6, 6.07) is 3.63. The van der Waals surface area contributed by atoms with E-state index in [1.165, 1.54) is 6.07 Å². The molecule has 0 fully saturated rings. The van der Waals surface area contributed by atoms with Gasteiger partial charge in [-0.25, -0.2) is 4.39 Å². The molecular formula is C12H7BrF4N2O2. The van der Waals surface area contributed by atoms with Gasteiger partial charge in [0.05, 0.1) is 0 Å². The van der Waals surface area contributed by atoms with Gasteiger partial charge in [-0.05, 0) is 41.1 Å². The predicted octanol–water partition coefficient (Wildman–Crippen LogP) is 3.87. The highest BCUT2D eigenvalue weighted by Gasteiger charge is 2.44. The van der Waals surface area contributed by atoms with E-state index >= 15 is 0 Å². The van der Waals surface area contributed by atoms with E-state index in [9.17, 15) is 22.4 Å². The van der Waals surface area contributed by atoms with Gasteiger partial charge in [0.25, 0.3) is 0 Å². The van der Waals surface area contributed by atoms with Crippen molar-refractivity contribution in [2.75, 3.05) is 0 Å². The minimum atomic E-state index is -4.98. The van der Waals surface area contributed by atoms with E-state index in [1.54, 1.807) is 0 Å². The van der Waals surface area contributed by atoms with Gasteiger partial charge < -0.3 is 4.52 Å². The average molecular weight is 367 g/mol. The van der Waals surface area contributed by atoms with E-state index in [4.69, 9.17) is 0 Å². The third-order valence-corrected chi connectivity index (χ3v) is 3.31. The Morgan fingerprint density at radius 2 is 2.05 bits per heavy atom. The number of carbonyl (C=O) groups is 1. The third-order valence-electron chi connectivity index (χ3n) is 2.66. The van der Waals surface area contributed by atoms with Crippen LogP contribution in [0.2, 0.25) is 0 Å². The molecule has 2 rings (SSSR count). The molecular weight excluding hydrogens is 360 g/mol. The molecule has 1 aromatic carbocycles. The Balaban J connectivity index is 2.32. The van der Waals surface area contributed by atoms with Gasteiger partial charge >= 0.3 is 6.18 Å². The zero-order valence-electron chi connectivity index (χ0n) is 10.4. The number of rotatable bonds is 3. The summed E-state index contributed by atoms with van der Waals surface area (Å²) in [5.74, 6) is -4.58. The van der Waals surface area contributed by atoms with Gasteiger partial charge in [-0.15, -0.1) is 0 Å². The standard InChI is InChI=1S/C12H7BrF4N2O2/c1-5(9(20)12(15,16)17)11-18-10(19-21-11)7-3-2-6(14)4-8(7)13/h2-5H,1H3. The molecule has 1 aromatic heterocycles. The highest BCUT2D eigenvalue weighted by atomic mass is 79.9. The Kier molecular flexibility index (Phi) is 4.13. The van der Waals surface area contributed by atoms with Crippen LogP contribution in [0.15, 0.2) is 27.2 Å². The van der Waals surface area contributed by atoms with Crippen LogP contribution in [0.25, 0.3) is 11.4 Å². The molecule has 9 heteroatoms. The summed E-state index contributed by atoms with van der Waals surface area (Å²) in [6.07, 6.45) is -4.98. The van der Waals surface area contributed by atoms with Crippen molar-refractivity contribution in [3.63, 3.8) is 0 Å². The molecule has 21 heavy (non-hydrogen) atoms. The van der Waals surface area contributed by atoms with Gasteiger partial charge in [-0.1, -0.05) is 5.16 Å². The van der Waals surface area contributed by atoms with Crippen molar-refractivity contribution >= 4 is 21.7 Å². The number of ketones is 1. The SMILES string of the molecule is CC(C(=O)C(F)(F)F)c1nc(-c2ccc(F)cc2Br)no1. The molecule has 1 atom stereocenters. The first-order chi connectivity index (χ1) is 9.70. The molecule has 0 saturated heterocycles. The number of aromatic nitrogens is 2. The van der Waals surface area contributed by atoms with Crippen LogP contribution in [0.4, 0.5) is 17.6 Å². The van der Waals surface area contributed by atoms with Crippen LogP contribution in [0.1, 0.15) is 18.7 Å². The summed E-state index contributed by atoms with van der Waals surface area (Å²) >= 11 is 3.08. The van der Waals surface area contributed by atoms with Crippen LogP contribution in [0, 0.1) is 5.82 Å². The maximum absolute atomic E-state index is 13.0. The summed E-state index contributed by atoms with van der Waals surface area (Å²) in [6.45, 7) is 1.02. The largest absolute Gasteiger partial charge is 0.450 e. The Morgan fingerprint density at radius 3 is 2.62 bits per heavy atom. The molecule has 1 unspecified atom stereocenters. The predicted molar refractivity (Wildman–Crippen MR) is 66.9 cm³/mol. The molecule has 0 N–H and O–H groups in total. The van der Waals surface area contributed by atoms with Crippen molar-refractivity contribution in [1.29, 1.82) is 0 Å². The molecule has 112 valence electrons. The number of benzene rings is 1. The molecule has 0 radical (unpaired) electrons. The van der Waals surface area contributed by atoms with Crippen molar-refractivity contribution < 1.29 is 26.9 Å². The van der Waals surface area contributed by atoms with Crippen LogP contribution in [0.5, 0.6) is 0 Å². The first-order valence-corrected chi connectivity index (χ1v) is 6.39. The Morgan fingerprint density at radius 1 is 1.38 bits per heavy atom. The second-order valence-electron chi connectivity index (χ2n) is 4.16. The van der Waals surface area contributed by atoms with Gasteiger partial charge in [0, 0.05) is 10.0 Å². The molecule has 0 aliphatic carbocycles. The van der Waals surface area contributed by atoms with Gasteiger partial charge in [0.15, 0.2) is 0 Å². The van der Waals surface area contributed by atoms with Crippen molar-refractivity contribution in [3.05, 3.63) is 34.4 Å². The number of hydrogen-bond acceptors (Lipinski definition) is 4. The zero-order valence-corrected chi connectivity index (χ0v) is 12.0. The van der Waals surface area contributed by atoms with Gasteiger partial charge in [0.2, 0.25) is 17.5 Å². The summed E-state index contributed by atoms with van der Waals surface area (Å²) in [5.41, 5.74) is 0.332. The van der Waals surface area contributed by atoms with Crippen molar-refractivity contribution in [3.8, 4) is 11.4 Å². The lowest BCUT2D eigenvalue weighted by Crippen LogP contribution is -2.27. The quantitative estimate of drug-likeness (QED) is 0.773. The van der Waals surface area contributed by atoms with Crippen LogP contribution in [0.3, 0.4) is 0 Å². The minimum Gasteiger partial charge on any atom is -0.338 e. The lowest BCUT2D eigenvalue weighted by atomic mass is 10.1. The fourth-order valence-corrected chi connectivity index (χ4v) is 2.08. The topological polar surface area (TPSA) is 56.0 Å². The molecule has 2 aromatic rings. The fourth-order valence-electron chi connectivity index (χ4n) is 1.55. The first kappa shape index (κ1) is 15.6. The molecule has 4 nitrogen and oxygen atoms in total. The highest BCUT2D eigenvalue weighted by molar-refractivity contribution is 9.10. The van der Waals surface area contributed by atoms with Gasteiger partial charge in [-0.2, -0.15) is 18.2 Å². The lowest BCUT2D eigenvalue weighted by Gasteiger charge is -2.08. The number of nitrogens with zero attached hydrogens (tertiary/aromatic N) is 2. The van der Waals surface area contributed by atoms with E-state index in [0.29, 0.717) is 10.0 Å². The normalized spacial score (nSPS) is 13.2. The van der Waals surface area contributed by atoms with Crippen LogP contribution in [-0.2, 0) is 4.79 Å². The maximum Gasteiger partial charge on any atom is 0.450 e. The summed E-state index contributed by atoms with van der Waals surface area (Å²) in [5, 5.41) is 3.50. The number of halogens is 5. The second kappa shape index (κ2) is 5.55. The van der Waals surface area contributed by atoms with E-state index in [2.05, 4.69) is 30.6 Å². The van der Waals surface area contributed by atoms with Crippen molar-refractivity contribution in [2.24, 2.45) is 0 Å². The number of carbonyl (C=O) groups excluding carboxylic acids is 1. The Bertz CT molecular complexity index is 684. The molecule has 0 spiro atoms. The molecule has 1 heterocycles. The summed E-state index contributed by atoms with van der Waals surface area (Å²) in [4.78, 5) is 14.9. The van der Waals surface area contributed by atoms with Crippen molar-refractivity contribution in [2.45, 2.75) is 19.0 Å². The molecule has 0 amide bonds. The van der Waals surface area contributed by atoms with E-state index in [-0.39, 0.29) is 5.82 Å². The molecule has 0 saturated carbocycles. The van der Waals surface area contributed by atoms with Crippen molar-refractivity contribution in [1.82, 2.24) is 10.1 Å². The number of hydrogen-bond donors (Lipinski definition) is 0. The smallest absolute Gasteiger partial charge is 0.338 e. The lowest BCUT2D eigenvalue weighted by molar-refractivity contribution is -0.172. The Hall–Kier alpha value is -1.77. The maximum atomic E-state index is 13.0. The summed E-state index contributed by atoms with van der Waals surface area (Å²) < 4.78 is 55.0. The fraction of sp³-hybridized carbons (Fsp3) is 0.250. The minimum absolute atomic E-state index is 0.0429. The van der Waals surface area contributed by atoms with E-state index in [0.717, 1.165) is 19.1 Å². The van der Waals surface area contributed by atoms with Gasteiger partial charge in [0.1, 0.15) is 11.7 Å². The zero-order chi connectivity index (χ0) is 15.8. The molecule has 0 aliphatic rings. The molecule has 0 aliphatic heterocycles. The summed E-state index contributed by atoms with van der Waals surface area (Å²) in [7, 11) is 0. The first-order valence-electron chi connectivity index (χ1n) is 5.60. The third kappa shape index (κ3) is 3.29.